The third-order valence-corrected chi connectivity index (χ3v) is 9.58. The molecule has 0 unspecified atom stereocenters. The van der Waals surface area contributed by atoms with Crippen LogP contribution in [0, 0.1) is 0 Å². The Balaban J connectivity index is 1.23. The number of alkyl carbamates (subject to hydrolysis) is 2. The van der Waals surface area contributed by atoms with Crippen molar-refractivity contribution in [1.82, 2.24) is 25.5 Å². The first-order chi connectivity index (χ1) is 28.4. The lowest BCUT2D eigenvalue weighted by atomic mass is 10.00. The van der Waals surface area contributed by atoms with E-state index in [9.17, 15) is 14.4 Å². The zero-order valence-corrected chi connectivity index (χ0v) is 34.0. The maximum absolute atomic E-state index is 14.2. The summed E-state index contributed by atoms with van der Waals surface area (Å²) in [5, 5.41) is 6.23. The molecular weight excluding hydrogens is 755 g/mol. The maximum atomic E-state index is 14.2. The van der Waals surface area contributed by atoms with E-state index in [0.717, 1.165) is 16.7 Å². The molecule has 4 aromatic carbocycles. The monoisotopic (exact) mass is 805 g/mol. The van der Waals surface area contributed by atoms with Gasteiger partial charge in [-0.25, -0.2) is 14.6 Å². The summed E-state index contributed by atoms with van der Waals surface area (Å²) in [5.74, 6) is 2.03. The molecular formula is C44H51N7O8. The van der Waals surface area contributed by atoms with Gasteiger partial charge in [-0.05, 0) is 55.7 Å². The van der Waals surface area contributed by atoms with Crippen LogP contribution < -0.4 is 35.5 Å². The lowest BCUT2D eigenvalue weighted by molar-refractivity contribution is -0.132. The molecule has 15 nitrogen and oxygen atoms in total. The highest BCUT2D eigenvalue weighted by atomic mass is 16.6. The number of nitrogens with one attached hydrogen (secondary N) is 2. The fourth-order valence-electron chi connectivity index (χ4n) is 6.73. The minimum absolute atomic E-state index is 0.000953. The minimum Gasteiger partial charge on any atom is -0.493 e. The molecule has 310 valence electrons. The zero-order valence-electron chi connectivity index (χ0n) is 34.0. The first kappa shape index (κ1) is 41.9. The largest absolute Gasteiger partial charge is 0.493 e. The number of amides is 3. The number of benzene rings is 4. The Morgan fingerprint density at radius 1 is 0.864 bits per heavy atom. The van der Waals surface area contributed by atoms with E-state index in [1.54, 1.807) is 52.0 Å². The Morgan fingerprint density at radius 3 is 2.29 bits per heavy atom. The number of hydrogen-bond acceptors (Lipinski definition) is 12. The van der Waals surface area contributed by atoms with Crippen LogP contribution in [0.1, 0.15) is 56.0 Å². The molecule has 6 rings (SSSR count). The van der Waals surface area contributed by atoms with E-state index in [-0.39, 0.29) is 44.4 Å². The van der Waals surface area contributed by atoms with Crippen molar-refractivity contribution in [2.75, 3.05) is 57.6 Å². The molecule has 1 saturated heterocycles. The van der Waals surface area contributed by atoms with Crippen molar-refractivity contribution in [1.29, 1.82) is 0 Å². The van der Waals surface area contributed by atoms with E-state index in [1.807, 2.05) is 89.8 Å². The molecule has 0 saturated carbocycles. The molecule has 5 aromatic rings. The van der Waals surface area contributed by atoms with Crippen LogP contribution in [0.3, 0.4) is 0 Å². The van der Waals surface area contributed by atoms with Gasteiger partial charge in [-0.2, -0.15) is 4.98 Å². The predicted octanol–water partition coefficient (Wildman–Crippen LogP) is 6.58. The number of nitrogens with two attached hydrogens (primary N) is 1. The highest BCUT2D eigenvalue weighted by molar-refractivity contribution is 5.92. The Hall–Kier alpha value is -6.77. The van der Waals surface area contributed by atoms with Crippen LogP contribution >= 0.6 is 0 Å². The summed E-state index contributed by atoms with van der Waals surface area (Å²) in [4.78, 5) is 52.9. The molecule has 1 aliphatic heterocycles. The highest BCUT2D eigenvalue weighted by Gasteiger charge is 2.34. The number of hydrogen-bond donors (Lipinski definition) is 3. The molecule has 3 amide bonds. The van der Waals surface area contributed by atoms with Crippen molar-refractivity contribution in [2.45, 2.75) is 51.5 Å². The molecule has 0 radical (unpaired) electrons. The Labute approximate surface area is 343 Å². The molecule has 0 aliphatic carbocycles. The summed E-state index contributed by atoms with van der Waals surface area (Å²) in [5.41, 5.74) is 8.89. The number of aromatic nitrogens is 2. The van der Waals surface area contributed by atoms with Gasteiger partial charge in [0.25, 0.3) is 0 Å². The molecule has 59 heavy (non-hydrogen) atoms. The van der Waals surface area contributed by atoms with Crippen molar-refractivity contribution in [3.8, 4) is 17.2 Å². The van der Waals surface area contributed by atoms with Crippen LogP contribution in [0.5, 0.6) is 17.2 Å². The Morgan fingerprint density at radius 2 is 1.58 bits per heavy atom. The summed E-state index contributed by atoms with van der Waals surface area (Å²) in [6.45, 7) is 6.90. The van der Waals surface area contributed by atoms with Crippen LogP contribution in [0.4, 0.5) is 21.4 Å². The molecule has 15 heteroatoms. The Kier molecular flexibility index (Phi) is 13.6. The van der Waals surface area contributed by atoms with Gasteiger partial charge in [0, 0.05) is 31.1 Å². The SMILES string of the molecule is COc1cc2nc(N3CCN(C(=O)C[C@@H](NC(=O)OC(C)(C)C)c4ccccc4)C[C@@H]3c3cccc(OCCNC(=O)OCc4ccccc4)c3)nc(N)c2cc1OC. The van der Waals surface area contributed by atoms with Gasteiger partial charge in [0.2, 0.25) is 11.9 Å². The predicted molar refractivity (Wildman–Crippen MR) is 223 cm³/mol. The molecule has 1 aromatic heterocycles. The van der Waals surface area contributed by atoms with E-state index in [2.05, 4.69) is 10.6 Å². The Bertz CT molecular complexity index is 2220. The fraction of sp³-hybridized carbons (Fsp3) is 0.341. The van der Waals surface area contributed by atoms with Gasteiger partial charge < -0.3 is 49.9 Å². The highest BCUT2D eigenvalue weighted by Crippen LogP contribution is 2.37. The number of carbonyl (C=O) groups is 3. The van der Waals surface area contributed by atoms with Crippen LogP contribution in [-0.2, 0) is 20.9 Å². The van der Waals surface area contributed by atoms with Crippen LogP contribution in [0.15, 0.2) is 97.1 Å². The number of piperazine rings is 1. The summed E-state index contributed by atoms with van der Waals surface area (Å²) >= 11 is 0. The second kappa shape index (κ2) is 19.1. The van der Waals surface area contributed by atoms with Crippen LogP contribution in [-0.4, -0.2) is 85.6 Å². The van der Waals surface area contributed by atoms with Gasteiger partial charge in [0.05, 0.1) is 44.8 Å². The van der Waals surface area contributed by atoms with E-state index in [1.165, 1.54) is 0 Å². The second-order valence-electron chi connectivity index (χ2n) is 14.9. The van der Waals surface area contributed by atoms with Crippen LogP contribution in [0.25, 0.3) is 10.9 Å². The average Bonchev–Trinajstić information content (AvgIpc) is 3.23. The minimum atomic E-state index is -0.715. The third kappa shape index (κ3) is 11.2. The summed E-state index contributed by atoms with van der Waals surface area (Å²) in [6.07, 6.45) is -1.16. The fourth-order valence-corrected chi connectivity index (χ4v) is 6.73. The van der Waals surface area contributed by atoms with E-state index in [0.29, 0.717) is 47.2 Å². The second-order valence-corrected chi connectivity index (χ2v) is 14.9. The van der Waals surface area contributed by atoms with Gasteiger partial charge in [0.1, 0.15) is 30.4 Å². The van der Waals surface area contributed by atoms with Gasteiger partial charge in [-0.1, -0.05) is 72.8 Å². The molecule has 1 aliphatic rings. The van der Waals surface area contributed by atoms with Crippen molar-refractivity contribution >= 4 is 40.8 Å². The molecule has 2 atom stereocenters. The lowest BCUT2D eigenvalue weighted by Gasteiger charge is -2.42. The maximum Gasteiger partial charge on any atom is 0.408 e. The zero-order chi connectivity index (χ0) is 41.9. The first-order valence-electron chi connectivity index (χ1n) is 19.4. The lowest BCUT2D eigenvalue weighted by Crippen LogP contribution is -2.51. The van der Waals surface area contributed by atoms with E-state index in [4.69, 9.17) is 39.4 Å². The molecule has 4 N–H and O–H groups in total. The first-order valence-corrected chi connectivity index (χ1v) is 19.4. The number of rotatable bonds is 14. The number of nitrogens with zero attached hydrogens (tertiary/aromatic N) is 4. The molecule has 1 fully saturated rings. The van der Waals surface area contributed by atoms with Crippen molar-refractivity contribution < 1.29 is 38.1 Å². The van der Waals surface area contributed by atoms with Crippen LogP contribution in [0.2, 0.25) is 0 Å². The number of methoxy groups -OCH3 is 2. The van der Waals surface area contributed by atoms with E-state index < -0.39 is 29.9 Å². The van der Waals surface area contributed by atoms with Crippen molar-refractivity contribution in [3.63, 3.8) is 0 Å². The number of carbonyl (C=O) groups excluding carboxylic acids is 3. The molecule has 0 bridgehead atoms. The van der Waals surface area contributed by atoms with Gasteiger partial charge >= 0.3 is 12.2 Å². The number of nitrogen functional groups attached to an aromatic ring is 1. The molecule has 0 spiro atoms. The number of anilines is 2. The van der Waals surface area contributed by atoms with Gasteiger partial charge in [-0.3, -0.25) is 4.79 Å². The van der Waals surface area contributed by atoms with Gasteiger partial charge in [-0.15, -0.1) is 0 Å². The summed E-state index contributed by atoms with van der Waals surface area (Å²) in [6, 6.07) is 28.7. The van der Waals surface area contributed by atoms with Crippen molar-refractivity contribution in [3.05, 3.63) is 114 Å². The van der Waals surface area contributed by atoms with Crippen molar-refractivity contribution in [2.24, 2.45) is 0 Å². The normalized spacial score (nSPS) is 14.6. The number of ether oxygens (including phenoxy) is 5. The topological polar surface area (TPSA) is 180 Å². The van der Waals surface area contributed by atoms with Gasteiger partial charge in [0.15, 0.2) is 11.5 Å². The quantitative estimate of drug-likeness (QED) is 0.103. The van der Waals surface area contributed by atoms with E-state index >= 15 is 0 Å². The standard InChI is InChI=1S/C44H51N7O8/c1-44(2,3)59-43(54)48-34(30-15-10-7-11-16-30)26-39(52)50-20-21-51(41-47-35-25-38(56-5)37(55-4)24-33(35)40(45)49-41)36(27-50)31-17-12-18-32(23-31)57-22-19-46-42(53)58-28-29-13-8-6-9-14-29/h6-18,23-25,34,36H,19-22,26-28H2,1-5H3,(H,46,53)(H,48,54)(H2,45,47,49)/t34-,36-/m1/s1. The smallest absolute Gasteiger partial charge is 0.408 e. The average molecular weight is 806 g/mol. The third-order valence-electron chi connectivity index (χ3n) is 9.58. The summed E-state index contributed by atoms with van der Waals surface area (Å²) in [7, 11) is 3.10. The molecule has 2 heterocycles. The summed E-state index contributed by atoms with van der Waals surface area (Å²) < 4.78 is 27.9. The number of fused-ring (bicyclic) bond motifs is 1.